The molecule has 0 saturated heterocycles. The van der Waals surface area contributed by atoms with Crippen LogP contribution in [0, 0.1) is 6.92 Å². The minimum atomic E-state index is -0.287. The zero-order chi connectivity index (χ0) is 20.1. The van der Waals surface area contributed by atoms with Crippen molar-refractivity contribution in [1.29, 1.82) is 0 Å². The number of nitrogens with zero attached hydrogens (tertiary/aromatic N) is 4. The monoisotopic (exact) mass is 379 g/mol. The third-order valence-corrected chi connectivity index (χ3v) is 4.59. The molecule has 0 saturated carbocycles. The van der Waals surface area contributed by atoms with E-state index in [4.69, 9.17) is 0 Å². The van der Waals surface area contributed by atoms with Gasteiger partial charge in [0, 0.05) is 36.5 Å². The van der Waals surface area contributed by atoms with Crippen LogP contribution in [-0.4, -0.2) is 31.3 Å². The van der Waals surface area contributed by atoms with Crippen LogP contribution in [-0.2, 0) is 24.3 Å². The summed E-state index contributed by atoms with van der Waals surface area (Å²) in [6.45, 7) is 6.18. The van der Waals surface area contributed by atoms with E-state index in [9.17, 15) is 9.59 Å². The highest BCUT2D eigenvalue weighted by atomic mass is 16.2. The summed E-state index contributed by atoms with van der Waals surface area (Å²) in [5, 5.41) is 7.32. The Bertz CT molecular complexity index is 1010. The molecule has 0 aliphatic rings. The van der Waals surface area contributed by atoms with Gasteiger partial charge in [-0.25, -0.2) is 9.48 Å². The van der Waals surface area contributed by atoms with E-state index in [-0.39, 0.29) is 24.2 Å². The molecule has 0 aliphatic carbocycles. The number of benzene rings is 1. The molecular weight excluding hydrogens is 354 g/mol. The summed E-state index contributed by atoms with van der Waals surface area (Å²) in [4.78, 5) is 29.4. The van der Waals surface area contributed by atoms with Gasteiger partial charge in [0.15, 0.2) is 5.82 Å². The minimum Gasteiger partial charge on any atom is -0.352 e. The maximum Gasteiger partial charge on any atom is 0.346 e. The number of carbonyl (C=O) groups excluding carboxylic acids is 1. The molecule has 0 bridgehead atoms. The van der Waals surface area contributed by atoms with Crippen LogP contribution >= 0.6 is 0 Å². The lowest BCUT2D eigenvalue weighted by molar-refractivity contribution is -0.122. The van der Waals surface area contributed by atoms with Crippen molar-refractivity contribution in [3.05, 3.63) is 70.4 Å². The standard InChI is InChI=1S/C21H25N5O2/c1-4-25-20(17-10-6-5-7-11-17)24-26(21(25)28)14-19(27)23-16(3)13-18-15(2)9-8-12-22-18/h5-12,16H,4,13-14H2,1-3H3,(H,23,27)/t16-/m1/s1. The van der Waals surface area contributed by atoms with E-state index in [1.165, 1.54) is 4.68 Å². The Morgan fingerprint density at radius 2 is 1.93 bits per heavy atom. The van der Waals surface area contributed by atoms with Crippen molar-refractivity contribution in [2.45, 2.75) is 46.3 Å². The van der Waals surface area contributed by atoms with E-state index in [2.05, 4.69) is 15.4 Å². The molecule has 0 fully saturated rings. The van der Waals surface area contributed by atoms with Gasteiger partial charge >= 0.3 is 5.69 Å². The average molecular weight is 379 g/mol. The van der Waals surface area contributed by atoms with Crippen LogP contribution in [0.4, 0.5) is 0 Å². The quantitative estimate of drug-likeness (QED) is 0.682. The van der Waals surface area contributed by atoms with Crippen molar-refractivity contribution in [3.8, 4) is 11.4 Å². The van der Waals surface area contributed by atoms with Gasteiger partial charge in [-0.2, -0.15) is 0 Å². The van der Waals surface area contributed by atoms with Crippen LogP contribution in [0.1, 0.15) is 25.1 Å². The number of nitrogens with one attached hydrogen (secondary N) is 1. The molecule has 0 aliphatic heterocycles. The predicted molar refractivity (Wildman–Crippen MR) is 108 cm³/mol. The molecule has 2 heterocycles. The number of hydrogen-bond acceptors (Lipinski definition) is 4. The fourth-order valence-corrected chi connectivity index (χ4v) is 3.16. The molecular formula is C21H25N5O2. The molecule has 3 rings (SSSR count). The molecule has 146 valence electrons. The van der Waals surface area contributed by atoms with Crippen molar-refractivity contribution in [1.82, 2.24) is 24.6 Å². The molecule has 7 heteroatoms. The Balaban J connectivity index is 1.71. The molecule has 7 nitrogen and oxygen atoms in total. The van der Waals surface area contributed by atoms with Crippen LogP contribution in [0.5, 0.6) is 0 Å². The highest BCUT2D eigenvalue weighted by Crippen LogP contribution is 2.14. The van der Waals surface area contributed by atoms with Crippen LogP contribution in [0.3, 0.4) is 0 Å². The second kappa shape index (κ2) is 8.65. The summed E-state index contributed by atoms with van der Waals surface area (Å²) in [5.41, 5.74) is 2.60. The summed E-state index contributed by atoms with van der Waals surface area (Å²) >= 11 is 0. The van der Waals surface area contributed by atoms with Gasteiger partial charge in [0.1, 0.15) is 6.54 Å². The van der Waals surface area contributed by atoms with Crippen LogP contribution in [0.15, 0.2) is 53.5 Å². The Morgan fingerprint density at radius 1 is 1.18 bits per heavy atom. The lowest BCUT2D eigenvalue weighted by Crippen LogP contribution is -2.39. The zero-order valence-electron chi connectivity index (χ0n) is 16.4. The van der Waals surface area contributed by atoms with Gasteiger partial charge in [-0.1, -0.05) is 36.4 Å². The second-order valence-corrected chi connectivity index (χ2v) is 6.81. The highest BCUT2D eigenvalue weighted by Gasteiger charge is 2.17. The van der Waals surface area contributed by atoms with E-state index in [1.807, 2.05) is 63.2 Å². The Kier molecular flexibility index (Phi) is 6.03. The number of rotatable bonds is 7. The van der Waals surface area contributed by atoms with Crippen LogP contribution in [0.25, 0.3) is 11.4 Å². The highest BCUT2D eigenvalue weighted by molar-refractivity contribution is 5.76. The average Bonchev–Trinajstić information content (AvgIpc) is 2.99. The lowest BCUT2D eigenvalue weighted by Gasteiger charge is -2.14. The van der Waals surface area contributed by atoms with Crippen LogP contribution in [0.2, 0.25) is 0 Å². The van der Waals surface area contributed by atoms with Crippen molar-refractivity contribution >= 4 is 5.91 Å². The second-order valence-electron chi connectivity index (χ2n) is 6.81. The molecule has 28 heavy (non-hydrogen) atoms. The van der Waals surface area contributed by atoms with Crippen molar-refractivity contribution in [3.63, 3.8) is 0 Å². The first-order chi connectivity index (χ1) is 13.5. The molecule has 0 spiro atoms. The number of aromatic nitrogens is 4. The maximum atomic E-state index is 12.6. The maximum absolute atomic E-state index is 12.6. The molecule has 0 unspecified atom stereocenters. The smallest absolute Gasteiger partial charge is 0.346 e. The first-order valence-corrected chi connectivity index (χ1v) is 9.42. The summed E-state index contributed by atoms with van der Waals surface area (Å²) in [6.07, 6.45) is 2.38. The fraction of sp³-hybridized carbons (Fsp3) is 0.333. The summed E-state index contributed by atoms with van der Waals surface area (Å²) < 4.78 is 2.79. The van der Waals surface area contributed by atoms with Crippen LogP contribution < -0.4 is 11.0 Å². The van der Waals surface area contributed by atoms with E-state index >= 15 is 0 Å². The first-order valence-electron chi connectivity index (χ1n) is 9.42. The molecule has 1 aromatic carbocycles. The first kappa shape index (κ1) is 19.5. The number of hydrogen-bond donors (Lipinski definition) is 1. The SMILES string of the molecule is CCn1c(-c2ccccc2)nn(CC(=O)N[C@H](C)Cc2ncccc2C)c1=O. The van der Waals surface area contributed by atoms with Gasteiger partial charge in [0.25, 0.3) is 0 Å². The number of aryl methyl sites for hydroxylation is 1. The van der Waals surface area contributed by atoms with E-state index in [0.717, 1.165) is 16.8 Å². The molecule has 0 radical (unpaired) electrons. The van der Waals surface area contributed by atoms with Gasteiger partial charge in [0.05, 0.1) is 0 Å². The normalized spacial score (nSPS) is 12.0. The topological polar surface area (TPSA) is 81.8 Å². The fourth-order valence-electron chi connectivity index (χ4n) is 3.16. The Hall–Kier alpha value is -3.22. The Morgan fingerprint density at radius 3 is 2.61 bits per heavy atom. The summed E-state index contributed by atoms with van der Waals surface area (Å²) in [5.74, 6) is 0.321. The van der Waals surface area contributed by atoms with Gasteiger partial charge in [0.2, 0.25) is 5.91 Å². The number of pyridine rings is 1. The largest absolute Gasteiger partial charge is 0.352 e. The number of amides is 1. The third-order valence-electron chi connectivity index (χ3n) is 4.59. The zero-order valence-corrected chi connectivity index (χ0v) is 16.4. The molecule has 2 aromatic heterocycles. The van der Waals surface area contributed by atoms with Gasteiger partial charge in [-0.05, 0) is 32.4 Å². The molecule has 1 N–H and O–H groups in total. The third kappa shape index (κ3) is 4.36. The predicted octanol–water partition coefficient (Wildman–Crippen LogP) is 2.18. The Labute approximate surface area is 164 Å². The molecule has 1 atom stereocenters. The van der Waals surface area contributed by atoms with E-state index in [1.54, 1.807) is 10.8 Å². The summed E-state index contributed by atoms with van der Waals surface area (Å²) in [6, 6.07) is 13.3. The summed E-state index contributed by atoms with van der Waals surface area (Å²) in [7, 11) is 0. The van der Waals surface area contributed by atoms with Gasteiger partial charge in [-0.15, -0.1) is 5.10 Å². The molecule has 1 amide bonds. The van der Waals surface area contributed by atoms with Crippen molar-refractivity contribution < 1.29 is 4.79 Å². The van der Waals surface area contributed by atoms with Gasteiger partial charge < -0.3 is 5.32 Å². The molecule has 3 aromatic rings. The van der Waals surface area contributed by atoms with Gasteiger partial charge in [-0.3, -0.25) is 14.3 Å². The van der Waals surface area contributed by atoms with E-state index in [0.29, 0.717) is 18.8 Å². The minimum absolute atomic E-state index is 0.0985. The lowest BCUT2D eigenvalue weighted by atomic mass is 10.1. The van der Waals surface area contributed by atoms with Crippen molar-refractivity contribution in [2.24, 2.45) is 0 Å². The van der Waals surface area contributed by atoms with Crippen molar-refractivity contribution in [2.75, 3.05) is 0 Å². The number of carbonyl (C=O) groups is 1. The van der Waals surface area contributed by atoms with E-state index < -0.39 is 0 Å².